The summed E-state index contributed by atoms with van der Waals surface area (Å²) in [5.74, 6) is -1.87. The molecule has 8 nitrogen and oxygen atoms in total. The van der Waals surface area contributed by atoms with E-state index in [0.29, 0.717) is 25.7 Å². The topological polar surface area (TPSA) is 113 Å². The number of carboxylic acid groups (broad SMARTS) is 1. The van der Waals surface area contributed by atoms with Crippen LogP contribution in [0.1, 0.15) is 44.9 Å². The number of esters is 1. The SMILES string of the molecule is CN1[C@H]2CC[C@@H]1[C@@H](C(=O)OCCCCCC(=O)O)[C@@H](OP(=O)(O)c1ccccc1)C2. The Kier molecular flexibility index (Phi) is 7.69. The Labute approximate surface area is 176 Å². The van der Waals surface area contributed by atoms with Gasteiger partial charge < -0.3 is 19.3 Å². The molecule has 9 heteroatoms. The second-order valence-electron chi connectivity index (χ2n) is 8.10. The Bertz CT molecular complexity index is 787. The van der Waals surface area contributed by atoms with Gasteiger partial charge in [-0.25, -0.2) is 0 Å². The molecular weight excluding hydrogens is 409 g/mol. The highest BCUT2D eigenvalue weighted by atomic mass is 31.2. The molecule has 2 aliphatic heterocycles. The molecule has 2 bridgehead atoms. The summed E-state index contributed by atoms with van der Waals surface area (Å²) in [4.78, 5) is 36.2. The molecule has 1 aromatic carbocycles. The fraction of sp³-hybridized carbons (Fsp3) is 0.619. The standard InChI is InChI=1S/C21H30NO7P/c1-22-15-11-12-17(22)20(21(25)28-13-7-3-6-10-19(23)24)18(14-15)29-30(26,27)16-8-4-2-5-9-16/h2,4-5,8-9,15,17-18,20H,3,6-7,10-14H2,1H3,(H,23,24)(H,26,27)/t15-,17+,18-,20+/m0/s1. The molecule has 2 heterocycles. The van der Waals surface area contributed by atoms with Crippen LogP contribution in [0.15, 0.2) is 30.3 Å². The third-order valence-electron chi connectivity index (χ3n) is 6.13. The maximum Gasteiger partial charge on any atom is 0.359 e. The van der Waals surface area contributed by atoms with Gasteiger partial charge in [-0.3, -0.25) is 19.1 Å². The van der Waals surface area contributed by atoms with Crippen LogP contribution in [0.3, 0.4) is 0 Å². The first-order chi connectivity index (χ1) is 14.3. The second kappa shape index (κ2) is 10.1. The van der Waals surface area contributed by atoms with E-state index in [0.717, 1.165) is 12.8 Å². The predicted octanol–water partition coefficient (Wildman–Crippen LogP) is 2.55. The van der Waals surface area contributed by atoms with Gasteiger partial charge in [0.15, 0.2) is 0 Å². The fourth-order valence-corrected chi connectivity index (χ4v) is 5.78. The number of benzene rings is 1. The van der Waals surface area contributed by atoms with Gasteiger partial charge in [0.05, 0.1) is 23.9 Å². The van der Waals surface area contributed by atoms with Gasteiger partial charge in [-0.15, -0.1) is 0 Å². The summed E-state index contributed by atoms with van der Waals surface area (Å²) >= 11 is 0. The number of aliphatic carboxylic acids is 1. The van der Waals surface area contributed by atoms with Gasteiger partial charge in [-0.05, 0) is 57.7 Å². The van der Waals surface area contributed by atoms with E-state index in [-0.39, 0.29) is 30.4 Å². The average molecular weight is 439 g/mol. The largest absolute Gasteiger partial charge is 0.481 e. The van der Waals surface area contributed by atoms with Crippen LogP contribution in [0.5, 0.6) is 0 Å². The molecule has 30 heavy (non-hydrogen) atoms. The van der Waals surface area contributed by atoms with Crippen LogP contribution < -0.4 is 5.30 Å². The van der Waals surface area contributed by atoms with Crippen LogP contribution >= 0.6 is 7.60 Å². The zero-order chi connectivity index (χ0) is 21.7. The Morgan fingerprint density at radius 2 is 1.90 bits per heavy atom. The number of ether oxygens (including phenoxy) is 1. The van der Waals surface area contributed by atoms with Crippen molar-refractivity contribution in [3.63, 3.8) is 0 Å². The molecule has 2 N–H and O–H groups in total. The monoisotopic (exact) mass is 439 g/mol. The van der Waals surface area contributed by atoms with E-state index in [1.807, 2.05) is 7.05 Å². The molecular formula is C21H30NO7P. The van der Waals surface area contributed by atoms with Crippen molar-refractivity contribution in [2.45, 2.75) is 63.1 Å². The number of hydrogen-bond acceptors (Lipinski definition) is 6. The molecule has 0 radical (unpaired) electrons. The number of hydrogen-bond donors (Lipinski definition) is 2. The molecule has 0 aromatic heterocycles. The Balaban J connectivity index is 1.64. The van der Waals surface area contributed by atoms with Crippen molar-refractivity contribution in [3.8, 4) is 0 Å². The van der Waals surface area contributed by atoms with Gasteiger partial charge in [0.25, 0.3) is 0 Å². The third kappa shape index (κ3) is 5.49. The summed E-state index contributed by atoms with van der Waals surface area (Å²) in [6.07, 6.45) is 3.45. The normalized spacial score (nSPS) is 28.1. The summed E-state index contributed by atoms with van der Waals surface area (Å²) in [7, 11) is -2.09. The van der Waals surface area contributed by atoms with Crippen LogP contribution in [-0.4, -0.2) is 58.7 Å². The van der Waals surface area contributed by atoms with E-state index < -0.39 is 31.6 Å². The van der Waals surface area contributed by atoms with Crippen molar-refractivity contribution in [1.82, 2.24) is 4.90 Å². The summed E-state index contributed by atoms with van der Waals surface area (Å²) in [5, 5.41) is 8.88. The van der Waals surface area contributed by atoms with Gasteiger partial charge in [-0.1, -0.05) is 18.2 Å². The fourth-order valence-electron chi connectivity index (χ4n) is 4.52. The highest BCUT2D eigenvalue weighted by molar-refractivity contribution is 7.61. The Morgan fingerprint density at radius 1 is 1.17 bits per heavy atom. The second-order valence-corrected chi connectivity index (χ2v) is 9.87. The lowest BCUT2D eigenvalue weighted by molar-refractivity contribution is -0.158. The van der Waals surface area contributed by atoms with Crippen LogP contribution in [0.25, 0.3) is 0 Å². The summed E-state index contributed by atoms with van der Waals surface area (Å²) < 4.78 is 24.1. The first-order valence-corrected chi connectivity index (χ1v) is 12.0. The van der Waals surface area contributed by atoms with Gasteiger partial charge in [0.1, 0.15) is 0 Å². The number of carbonyl (C=O) groups is 2. The molecule has 166 valence electrons. The van der Waals surface area contributed by atoms with Crippen molar-refractivity contribution >= 4 is 24.8 Å². The lowest BCUT2D eigenvalue weighted by Crippen LogP contribution is -2.53. The highest BCUT2D eigenvalue weighted by Crippen LogP contribution is 2.49. The van der Waals surface area contributed by atoms with Crippen LogP contribution in [0.2, 0.25) is 0 Å². The quantitative estimate of drug-likeness (QED) is 0.325. The number of fused-ring (bicyclic) bond motifs is 2. The maximum absolute atomic E-state index is 12.9. The van der Waals surface area contributed by atoms with Crippen molar-refractivity contribution in [3.05, 3.63) is 30.3 Å². The summed E-state index contributed by atoms with van der Waals surface area (Å²) in [5.41, 5.74) is 0. The zero-order valence-electron chi connectivity index (χ0n) is 17.2. The molecule has 2 aliphatic rings. The predicted molar refractivity (Wildman–Crippen MR) is 111 cm³/mol. The van der Waals surface area contributed by atoms with Crippen molar-refractivity contribution < 1.29 is 33.4 Å². The molecule has 0 amide bonds. The van der Waals surface area contributed by atoms with E-state index in [1.54, 1.807) is 30.3 Å². The number of rotatable bonds is 10. The van der Waals surface area contributed by atoms with E-state index in [1.165, 1.54) is 0 Å². The van der Waals surface area contributed by atoms with Gasteiger partial charge in [0, 0.05) is 18.5 Å². The molecule has 3 rings (SSSR count). The van der Waals surface area contributed by atoms with E-state index in [4.69, 9.17) is 14.4 Å². The Hall–Kier alpha value is -1.73. The lowest BCUT2D eigenvalue weighted by Gasteiger charge is -2.41. The first-order valence-electron chi connectivity index (χ1n) is 10.5. The first kappa shape index (κ1) is 22.9. The highest BCUT2D eigenvalue weighted by Gasteiger charge is 2.51. The minimum Gasteiger partial charge on any atom is -0.481 e. The van der Waals surface area contributed by atoms with E-state index in [9.17, 15) is 19.0 Å². The molecule has 0 aliphatic carbocycles. The molecule has 0 spiro atoms. The van der Waals surface area contributed by atoms with Crippen molar-refractivity contribution in [1.29, 1.82) is 0 Å². The minimum absolute atomic E-state index is 0.0796. The number of nitrogens with zero attached hydrogens (tertiary/aromatic N) is 1. The van der Waals surface area contributed by atoms with Crippen molar-refractivity contribution in [2.75, 3.05) is 13.7 Å². The number of piperidine rings is 1. The molecule has 2 fully saturated rings. The maximum atomic E-state index is 12.9. The Morgan fingerprint density at radius 3 is 2.60 bits per heavy atom. The molecule has 5 atom stereocenters. The smallest absolute Gasteiger partial charge is 0.359 e. The van der Waals surface area contributed by atoms with Gasteiger partial charge >= 0.3 is 19.5 Å². The van der Waals surface area contributed by atoms with Gasteiger partial charge in [0.2, 0.25) is 0 Å². The van der Waals surface area contributed by atoms with E-state index >= 15 is 0 Å². The lowest BCUT2D eigenvalue weighted by atomic mass is 9.88. The molecule has 1 unspecified atom stereocenters. The van der Waals surface area contributed by atoms with Crippen molar-refractivity contribution in [2.24, 2.45) is 5.92 Å². The summed E-state index contributed by atoms with van der Waals surface area (Å²) in [6, 6.07) is 8.35. The van der Waals surface area contributed by atoms with Crippen LogP contribution in [0.4, 0.5) is 0 Å². The van der Waals surface area contributed by atoms with Gasteiger partial charge in [-0.2, -0.15) is 0 Å². The van der Waals surface area contributed by atoms with E-state index in [2.05, 4.69) is 4.90 Å². The zero-order valence-corrected chi connectivity index (χ0v) is 18.1. The molecule has 0 saturated carbocycles. The minimum atomic E-state index is -4.07. The van der Waals surface area contributed by atoms with Crippen LogP contribution in [0, 0.1) is 5.92 Å². The number of unbranched alkanes of at least 4 members (excludes halogenated alkanes) is 2. The number of carboxylic acids is 1. The molecule has 1 aromatic rings. The average Bonchev–Trinajstić information content (AvgIpc) is 2.94. The summed E-state index contributed by atoms with van der Waals surface area (Å²) in [6.45, 7) is 0.205. The molecule has 2 saturated heterocycles. The number of carbonyl (C=O) groups excluding carboxylic acids is 1. The third-order valence-corrected chi connectivity index (χ3v) is 7.63. The van der Waals surface area contributed by atoms with Crippen LogP contribution in [-0.2, 0) is 23.4 Å².